The molecule has 26 heavy (non-hydrogen) atoms. The Hall–Kier alpha value is -2.41. The first-order chi connectivity index (χ1) is 12.7. The number of carbonyl (C=O) groups is 1. The topological polar surface area (TPSA) is 73.3 Å². The molecule has 2 aromatic rings. The molecule has 1 aromatic heterocycles. The molecule has 0 radical (unpaired) electrons. The fraction of sp³-hybridized carbons (Fsp3) is 0.421. The monoisotopic (exact) mass is 373 g/mol. The van der Waals surface area contributed by atoms with Crippen LogP contribution in [0.2, 0.25) is 0 Å². The van der Waals surface area contributed by atoms with Gasteiger partial charge in [-0.1, -0.05) is 30.6 Å². The second-order valence-corrected chi connectivity index (χ2v) is 7.26. The predicted molar refractivity (Wildman–Crippen MR) is 103 cm³/mol. The summed E-state index contributed by atoms with van der Waals surface area (Å²) in [6.45, 7) is 0. The van der Waals surface area contributed by atoms with E-state index in [1.807, 2.05) is 12.1 Å². The molecule has 138 valence electrons. The SMILES string of the molecule is COc1cc(/C=C/C(=O)Nc2nnc(C3CCCCC3)s2)cc(OC)c1. The number of aromatic nitrogens is 2. The molecule has 1 aliphatic carbocycles. The van der Waals surface area contributed by atoms with Crippen molar-refractivity contribution in [3.63, 3.8) is 0 Å². The second kappa shape index (κ2) is 8.80. The van der Waals surface area contributed by atoms with Crippen molar-refractivity contribution >= 4 is 28.5 Å². The van der Waals surface area contributed by atoms with E-state index in [0.717, 1.165) is 10.6 Å². The summed E-state index contributed by atoms with van der Waals surface area (Å²) in [5.41, 5.74) is 0.816. The average Bonchev–Trinajstić information content (AvgIpc) is 3.15. The van der Waals surface area contributed by atoms with Crippen molar-refractivity contribution in [1.29, 1.82) is 0 Å². The van der Waals surface area contributed by atoms with Gasteiger partial charge in [-0.25, -0.2) is 0 Å². The number of methoxy groups -OCH3 is 2. The van der Waals surface area contributed by atoms with Crippen LogP contribution in [-0.4, -0.2) is 30.3 Å². The van der Waals surface area contributed by atoms with Gasteiger partial charge >= 0.3 is 0 Å². The van der Waals surface area contributed by atoms with Crippen LogP contribution in [0.25, 0.3) is 6.08 Å². The highest BCUT2D eigenvalue weighted by Crippen LogP contribution is 2.35. The lowest BCUT2D eigenvalue weighted by Crippen LogP contribution is -2.07. The molecule has 1 amide bonds. The number of nitrogens with zero attached hydrogens (tertiary/aromatic N) is 2. The van der Waals surface area contributed by atoms with Crippen LogP contribution in [0.1, 0.15) is 48.6 Å². The Kier molecular flexibility index (Phi) is 6.22. The largest absolute Gasteiger partial charge is 0.497 e. The Morgan fingerprint density at radius 1 is 1.12 bits per heavy atom. The standard InChI is InChI=1S/C19H23N3O3S/c1-24-15-10-13(11-16(12-15)25-2)8-9-17(23)20-19-22-21-18(26-19)14-6-4-3-5-7-14/h8-12,14H,3-7H2,1-2H3,(H,20,22,23)/b9-8+. The van der Waals surface area contributed by atoms with Gasteiger partial charge in [0, 0.05) is 18.1 Å². The van der Waals surface area contributed by atoms with Gasteiger partial charge in [-0.05, 0) is 36.6 Å². The van der Waals surface area contributed by atoms with Crippen LogP contribution in [0.3, 0.4) is 0 Å². The summed E-state index contributed by atoms with van der Waals surface area (Å²) in [5, 5.41) is 12.7. The highest BCUT2D eigenvalue weighted by molar-refractivity contribution is 7.15. The lowest BCUT2D eigenvalue weighted by atomic mass is 9.90. The van der Waals surface area contributed by atoms with Gasteiger partial charge in [0.1, 0.15) is 16.5 Å². The van der Waals surface area contributed by atoms with Crippen molar-refractivity contribution in [1.82, 2.24) is 10.2 Å². The van der Waals surface area contributed by atoms with Crippen LogP contribution in [0.5, 0.6) is 11.5 Å². The van der Waals surface area contributed by atoms with Gasteiger partial charge in [-0.3, -0.25) is 10.1 Å². The molecule has 0 atom stereocenters. The van der Waals surface area contributed by atoms with Gasteiger partial charge in [0.15, 0.2) is 0 Å². The smallest absolute Gasteiger partial charge is 0.250 e. The molecule has 0 unspecified atom stereocenters. The number of carbonyl (C=O) groups excluding carboxylic acids is 1. The maximum Gasteiger partial charge on any atom is 0.250 e. The highest BCUT2D eigenvalue weighted by atomic mass is 32.1. The lowest BCUT2D eigenvalue weighted by Gasteiger charge is -2.18. The quantitative estimate of drug-likeness (QED) is 0.766. The van der Waals surface area contributed by atoms with E-state index in [9.17, 15) is 4.79 Å². The summed E-state index contributed by atoms with van der Waals surface area (Å²) in [7, 11) is 3.18. The van der Waals surface area contributed by atoms with Crippen LogP contribution >= 0.6 is 11.3 Å². The minimum Gasteiger partial charge on any atom is -0.497 e. The molecule has 1 saturated carbocycles. The molecule has 0 aliphatic heterocycles. The lowest BCUT2D eigenvalue weighted by molar-refractivity contribution is -0.111. The van der Waals surface area contributed by atoms with Crippen molar-refractivity contribution in [2.24, 2.45) is 0 Å². The molecular formula is C19H23N3O3S. The number of rotatable bonds is 6. The van der Waals surface area contributed by atoms with Crippen molar-refractivity contribution in [3.8, 4) is 11.5 Å². The molecule has 1 aromatic carbocycles. The first kappa shape index (κ1) is 18.4. The third-order valence-corrected chi connectivity index (χ3v) is 5.43. The first-order valence-corrected chi connectivity index (χ1v) is 9.55. The Bertz CT molecular complexity index is 760. The molecule has 6 nitrogen and oxygen atoms in total. The van der Waals surface area contributed by atoms with Crippen molar-refractivity contribution in [2.45, 2.75) is 38.0 Å². The van der Waals surface area contributed by atoms with E-state index in [1.54, 1.807) is 26.4 Å². The van der Waals surface area contributed by atoms with Gasteiger partial charge < -0.3 is 9.47 Å². The maximum absolute atomic E-state index is 12.2. The summed E-state index contributed by atoms with van der Waals surface area (Å²) in [4.78, 5) is 12.2. The van der Waals surface area contributed by atoms with E-state index in [2.05, 4.69) is 15.5 Å². The fourth-order valence-corrected chi connectivity index (χ4v) is 3.96. The second-order valence-electron chi connectivity index (χ2n) is 6.25. The zero-order valence-corrected chi connectivity index (χ0v) is 15.8. The van der Waals surface area contributed by atoms with Crippen molar-refractivity contribution in [2.75, 3.05) is 19.5 Å². The minimum absolute atomic E-state index is 0.238. The Balaban J connectivity index is 1.62. The van der Waals surface area contributed by atoms with Crippen molar-refractivity contribution < 1.29 is 14.3 Å². The van der Waals surface area contributed by atoms with E-state index in [4.69, 9.17) is 9.47 Å². The zero-order valence-electron chi connectivity index (χ0n) is 15.0. The molecule has 1 heterocycles. The molecule has 0 bridgehead atoms. The summed E-state index contributed by atoms with van der Waals surface area (Å²) in [6, 6.07) is 5.45. The van der Waals surface area contributed by atoms with E-state index in [0.29, 0.717) is 22.5 Å². The number of amides is 1. The fourth-order valence-electron chi connectivity index (χ4n) is 3.04. The zero-order chi connectivity index (χ0) is 18.4. The highest BCUT2D eigenvalue weighted by Gasteiger charge is 2.19. The Morgan fingerprint density at radius 2 is 1.81 bits per heavy atom. The summed E-state index contributed by atoms with van der Waals surface area (Å²) in [6.07, 6.45) is 9.32. The minimum atomic E-state index is -0.238. The van der Waals surface area contributed by atoms with Crippen LogP contribution in [0.15, 0.2) is 24.3 Å². The van der Waals surface area contributed by atoms with Gasteiger partial charge in [0.25, 0.3) is 0 Å². The molecule has 0 saturated heterocycles. The number of anilines is 1. The molecular weight excluding hydrogens is 350 g/mol. The third kappa shape index (κ3) is 4.82. The molecule has 1 fully saturated rings. The van der Waals surface area contributed by atoms with Gasteiger partial charge in [-0.15, -0.1) is 10.2 Å². The Labute approximate surface area is 157 Å². The molecule has 7 heteroatoms. The van der Waals surface area contributed by atoms with Crippen LogP contribution in [0.4, 0.5) is 5.13 Å². The molecule has 1 N–H and O–H groups in total. The van der Waals surface area contributed by atoms with Crippen LogP contribution in [0, 0.1) is 0 Å². The third-order valence-electron chi connectivity index (χ3n) is 4.43. The van der Waals surface area contributed by atoms with Gasteiger partial charge in [0.05, 0.1) is 14.2 Å². The normalized spacial score (nSPS) is 15.2. The molecule has 0 spiro atoms. The van der Waals surface area contributed by atoms with Gasteiger partial charge in [-0.2, -0.15) is 0 Å². The molecule has 3 rings (SSSR count). The number of ether oxygens (including phenoxy) is 2. The van der Waals surface area contributed by atoms with Crippen molar-refractivity contribution in [3.05, 3.63) is 34.8 Å². The van der Waals surface area contributed by atoms with E-state index >= 15 is 0 Å². The summed E-state index contributed by atoms with van der Waals surface area (Å²) >= 11 is 1.47. The van der Waals surface area contributed by atoms with E-state index < -0.39 is 0 Å². The average molecular weight is 373 g/mol. The number of hydrogen-bond donors (Lipinski definition) is 1. The predicted octanol–water partition coefficient (Wildman–Crippen LogP) is 4.25. The van der Waals surface area contributed by atoms with E-state index in [-0.39, 0.29) is 5.91 Å². The number of hydrogen-bond acceptors (Lipinski definition) is 6. The Morgan fingerprint density at radius 3 is 2.46 bits per heavy atom. The van der Waals surface area contributed by atoms with E-state index in [1.165, 1.54) is 49.5 Å². The molecule has 1 aliphatic rings. The number of nitrogens with one attached hydrogen (secondary N) is 1. The first-order valence-electron chi connectivity index (χ1n) is 8.73. The summed E-state index contributed by atoms with van der Waals surface area (Å²) in [5.74, 6) is 1.60. The van der Waals surface area contributed by atoms with Crippen LogP contribution in [-0.2, 0) is 4.79 Å². The number of benzene rings is 1. The summed E-state index contributed by atoms with van der Waals surface area (Å²) < 4.78 is 10.5. The van der Waals surface area contributed by atoms with Gasteiger partial charge in [0.2, 0.25) is 11.0 Å². The van der Waals surface area contributed by atoms with Crippen LogP contribution < -0.4 is 14.8 Å². The maximum atomic E-state index is 12.2.